The van der Waals surface area contributed by atoms with E-state index in [9.17, 15) is 8.78 Å². The van der Waals surface area contributed by atoms with Crippen molar-refractivity contribution in [1.29, 1.82) is 0 Å². The smallest absolute Gasteiger partial charge is 0.128 e. The van der Waals surface area contributed by atoms with E-state index in [-0.39, 0.29) is 17.9 Å². The van der Waals surface area contributed by atoms with Gasteiger partial charge in [-0.05, 0) is 43.5 Å². The molecule has 0 fully saturated rings. The maximum Gasteiger partial charge on any atom is 0.128 e. The van der Waals surface area contributed by atoms with Crippen molar-refractivity contribution in [3.63, 3.8) is 0 Å². The van der Waals surface area contributed by atoms with Crippen LogP contribution in [-0.2, 0) is 0 Å². The molecule has 0 saturated carbocycles. The number of hydrogen-bond acceptors (Lipinski definition) is 2. The number of halogens is 2. The SMILES string of the molecule is CC(N[C@@H](C)c1cccs1)c1cc(F)ccc1F. The zero-order valence-electron chi connectivity index (χ0n) is 10.3. The van der Waals surface area contributed by atoms with E-state index in [0.29, 0.717) is 5.56 Å². The van der Waals surface area contributed by atoms with E-state index in [2.05, 4.69) is 5.32 Å². The van der Waals surface area contributed by atoms with E-state index in [1.807, 2.05) is 31.4 Å². The quantitative estimate of drug-likeness (QED) is 0.863. The van der Waals surface area contributed by atoms with Crippen LogP contribution in [0.4, 0.5) is 8.78 Å². The highest BCUT2D eigenvalue weighted by Gasteiger charge is 2.15. The molecule has 0 bridgehead atoms. The summed E-state index contributed by atoms with van der Waals surface area (Å²) in [6, 6.07) is 7.42. The van der Waals surface area contributed by atoms with Crippen LogP contribution in [-0.4, -0.2) is 0 Å². The molecule has 0 amide bonds. The third-order valence-electron chi connectivity index (χ3n) is 2.89. The normalized spacial score (nSPS) is 14.4. The van der Waals surface area contributed by atoms with Gasteiger partial charge in [-0.3, -0.25) is 0 Å². The van der Waals surface area contributed by atoms with E-state index in [0.717, 1.165) is 6.07 Å². The molecule has 0 spiro atoms. The fourth-order valence-electron chi connectivity index (χ4n) is 1.93. The molecular formula is C14H15F2NS. The number of rotatable bonds is 4. The summed E-state index contributed by atoms with van der Waals surface area (Å²) in [6.45, 7) is 3.85. The van der Waals surface area contributed by atoms with Crippen molar-refractivity contribution in [2.75, 3.05) is 0 Å². The Morgan fingerprint density at radius 1 is 1.11 bits per heavy atom. The molecule has 1 aromatic heterocycles. The molecular weight excluding hydrogens is 252 g/mol. The summed E-state index contributed by atoms with van der Waals surface area (Å²) in [7, 11) is 0. The van der Waals surface area contributed by atoms with E-state index in [1.54, 1.807) is 11.3 Å². The third kappa shape index (κ3) is 2.94. The van der Waals surface area contributed by atoms with Crippen LogP contribution in [0.25, 0.3) is 0 Å². The number of hydrogen-bond donors (Lipinski definition) is 1. The zero-order valence-corrected chi connectivity index (χ0v) is 11.1. The predicted octanol–water partition coefficient (Wildman–Crippen LogP) is 4.44. The van der Waals surface area contributed by atoms with Gasteiger partial charge in [0.05, 0.1) is 0 Å². The van der Waals surface area contributed by atoms with Crippen LogP contribution in [0.5, 0.6) is 0 Å². The van der Waals surface area contributed by atoms with Crippen LogP contribution < -0.4 is 5.32 Å². The molecule has 96 valence electrons. The molecule has 0 saturated heterocycles. The molecule has 0 aliphatic heterocycles. The largest absolute Gasteiger partial charge is 0.303 e. The van der Waals surface area contributed by atoms with E-state index >= 15 is 0 Å². The Hall–Kier alpha value is -1.26. The number of thiophene rings is 1. The summed E-state index contributed by atoms with van der Waals surface area (Å²) in [6.07, 6.45) is 0. The summed E-state index contributed by atoms with van der Waals surface area (Å²) in [5.41, 5.74) is 0.360. The zero-order chi connectivity index (χ0) is 13.1. The van der Waals surface area contributed by atoms with Gasteiger partial charge in [-0.15, -0.1) is 11.3 Å². The Balaban J connectivity index is 2.12. The average Bonchev–Trinajstić information content (AvgIpc) is 2.85. The van der Waals surface area contributed by atoms with Gasteiger partial charge in [-0.1, -0.05) is 6.07 Å². The van der Waals surface area contributed by atoms with Gasteiger partial charge >= 0.3 is 0 Å². The Morgan fingerprint density at radius 2 is 1.89 bits per heavy atom. The maximum atomic E-state index is 13.6. The van der Waals surface area contributed by atoms with Gasteiger partial charge < -0.3 is 5.32 Å². The van der Waals surface area contributed by atoms with Crippen molar-refractivity contribution in [2.45, 2.75) is 25.9 Å². The first kappa shape index (κ1) is 13.2. The molecule has 1 N–H and O–H groups in total. The topological polar surface area (TPSA) is 12.0 Å². The summed E-state index contributed by atoms with van der Waals surface area (Å²) >= 11 is 1.65. The van der Waals surface area contributed by atoms with Gasteiger partial charge in [0, 0.05) is 22.5 Å². The first-order chi connectivity index (χ1) is 8.58. The minimum absolute atomic E-state index is 0.114. The molecule has 1 nitrogen and oxygen atoms in total. The van der Waals surface area contributed by atoms with Crippen molar-refractivity contribution in [3.8, 4) is 0 Å². The van der Waals surface area contributed by atoms with Crippen molar-refractivity contribution in [3.05, 3.63) is 57.8 Å². The van der Waals surface area contributed by atoms with Crippen LogP contribution in [0.3, 0.4) is 0 Å². The minimum Gasteiger partial charge on any atom is -0.303 e. The minimum atomic E-state index is -0.413. The number of benzene rings is 1. The second kappa shape index (κ2) is 5.59. The molecule has 1 heterocycles. The fourth-order valence-corrected chi connectivity index (χ4v) is 2.67. The van der Waals surface area contributed by atoms with Gasteiger partial charge in [0.2, 0.25) is 0 Å². The van der Waals surface area contributed by atoms with Gasteiger partial charge in [-0.2, -0.15) is 0 Å². The van der Waals surface area contributed by atoms with E-state index < -0.39 is 5.82 Å². The molecule has 2 atom stereocenters. The highest BCUT2D eigenvalue weighted by atomic mass is 32.1. The lowest BCUT2D eigenvalue weighted by molar-refractivity contribution is 0.473. The predicted molar refractivity (Wildman–Crippen MR) is 70.6 cm³/mol. The molecule has 0 aliphatic carbocycles. The Kier molecular flexibility index (Phi) is 4.09. The molecule has 1 aromatic carbocycles. The van der Waals surface area contributed by atoms with Crippen molar-refractivity contribution >= 4 is 11.3 Å². The lowest BCUT2D eigenvalue weighted by atomic mass is 10.1. The molecule has 18 heavy (non-hydrogen) atoms. The van der Waals surface area contributed by atoms with Crippen molar-refractivity contribution < 1.29 is 8.78 Å². The van der Waals surface area contributed by atoms with Crippen molar-refractivity contribution in [1.82, 2.24) is 5.32 Å². The van der Waals surface area contributed by atoms with Crippen LogP contribution in [0, 0.1) is 11.6 Å². The van der Waals surface area contributed by atoms with E-state index in [1.165, 1.54) is 17.0 Å². The lowest BCUT2D eigenvalue weighted by Gasteiger charge is -2.20. The van der Waals surface area contributed by atoms with Gasteiger partial charge in [-0.25, -0.2) is 8.78 Å². The van der Waals surface area contributed by atoms with Crippen LogP contribution in [0.2, 0.25) is 0 Å². The van der Waals surface area contributed by atoms with Gasteiger partial charge in [0.25, 0.3) is 0 Å². The average molecular weight is 267 g/mol. The molecule has 0 aliphatic rings. The molecule has 1 unspecified atom stereocenters. The second-order valence-corrected chi connectivity index (χ2v) is 5.27. The third-order valence-corrected chi connectivity index (χ3v) is 3.95. The summed E-state index contributed by atoms with van der Waals surface area (Å²) < 4.78 is 26.7. The highest BCUT2D eigenvalue weighted by Crippen LogP contribution is 2.24. The molecule has 2 rings (SSSR count). The Bertz CT molecular complexity index is 511. The standard InChI is InChI=1S/C14H15F2NS/c1-9(12-8-11(15)5-6-13(12)16)17-10(2)14-4-3-7-18-14/h3-10,17H,1-2H3/t9?,10-/m0/s1. The summed E-state index contributed by atoms with van der Waals surface area (Å²) in [5.74, 6) is -0.793. The van der Waals surface area contributed by atoms with E-state index in [4.69, 9.17) is 0 Å². The van der Waals surface area contributed by atoms with Gasteiger partial charge in [0.1, 0.15) is 11.6 Å². The maximum absolute atomic E-state index is 13.6. The first-order valence-corrected chi connectivity index (χ1v) is 6.70. The Labute approximate surface area is 109 Å². The van der Waals surface area contributed by atoms with Gasteiger partial charge in [0.15, 0.2) is 0 Å². The molecule has 2 aromatic rings. The van der Waals surface area contributed by atoms with Crippen LogP contribution >= 0.6 is 11.3 Å². The fraction of sp³-hybridized carbons (Fsp3) is 0.286. The van der Waals surface area contributed by atoms with Crippen LogP contribution in [0.1, 0.15) is 36.4 Å². The summed E-state index contributed by atoms with van der Waals surface area (Å²) in [4.78, 5) is 1.18. The lowest BCUT2D eigenvalue weighted by Crippen LogP contribution is -2.22. The molecule has 4 heteroatoms. The molecule has 0 radical (unpaired) electrons. The van der Waals surface area contributed by atoms with Crippen molar-refractivity contribution in [2.24, 2.45) is 0 Å². The Morgan fingerprint density at radius 3 is 2.56 bits per heavy atom. The number of nitrogens with one attached hydrogen (secondary N) is 1. The first-order valence-electron chi connectivity index (χ1n) is 5.82. The monoisotopic (exact) mass is 267 g/mol. The van der Waals surface area contributed by atoms with Crippen LogP contribution in [0.15, 0.2) is 35.7 Å². The summed E-state index contributed by atoms with van der Waals surface area (Å²) in [5, 5.41) is 5.27. The highest BCUT2D eigenvalue weighted by molar-refractivity contribution is 7.10. The second-order valence-electron chi connectivity index (χ2n) is 4.29.